The minimum atomic E-state index is -3.00. The van der Waals surface area contributed by atoms with Gasteiger partial charge >= 0.3 is 0 Å². The van der Waals surface area contributed by atoms with Crippen LogP contribution in [-0.4, -0.2) is 19.6 Å². The van der Waals surface area contributed by atoms with Crippen LogP contribution in [0.25, 0.3) is 72.7 Å². The Hall–Kier alpha value is -5.57. The number of benzene rings is 6. The van der Waals surface area contributed by atoms with Crippen LogP contribution < -0.4 is 0 Å². The molecule has 8 rings (SSSR count). The van der Waals surface area contributed by atoms with E-state index in [0.717, 1.165) is 22.3 Å². The summed E-state index contributed by atoms with van der Waals surface area (Å²) < 4.78 is 123. The third kappa shape index (κ3) is 8.34. The van der Waals surface area contributed by atoms with Crippen LogP contribution in [0.2, 0.25) is 0 Å². The van der Waals surface area contributed by atoms with Gasteiger partial charge in [0.1, 0.15) is 11.6 Å². The zero-order valence-electron chi connectivity index (χ0n) is 47.8. The summed E-state index contributed by atoms with van der Waals surface area (Å²) in [4.78, 5) is 9.53. The monoisotopic (exact) mass is 967 g/mol. The van der Waals surface area contributed by atoms with Gasteiger partial charge < -0.3 is 5.11 Å². The Balaban J connectivity index is 0.00000780. The van der Waals surface area contributed by atoms with E-state index in [1.807, 2.05) is 65.0 Å². The van der Waals surface area contributed by atoms with Gasteiger partial charge in [0.15, 0.2) is 0 Å². The fourth-order valence-corrected chi connectivity index (χ4v) is 7.04. The number of aromatic hydroxyl groups is 1. The van der Waals surface area contributed by atoms with Crippen molar-refractivity contribution >= 4 is 11.0 Å². The van der Waals surface area contributed by atoms with Crippen LogP contribution >= 0.6 is 0 Å². The first kappa shape index (κ1) is 27.2. The van der Waals surface area contributed by atoms with Crippen molar-refractivity contribution in [3.05, 3.63) is 167 Å². The molecule has 0 fully saturated rings. The Morgan fingerprint density at radius 3 is 2.20 bits per heavy atom. The number of imidazole rings is 1. The maximum Gasteiger partial charge on any atom is 0.148 e. The van der Waals surface area contributed by atoms with Crippen LogP contribution in [0, 0.1) is 19.8 Å². The molecule has 0 aliphatic rings. The molecule has 6 aromatic carbocycles. The van der Waals surface area contributed by atoms with Crippen molar-refractivity contribution in [3.63, 3.8) is 0 Å². The number of pyridine rings is 1. The first-order chi connectivity index (χ1) is 33.4. The fraction of sp³-hybridized carbons (Fsp3) is 0.222. The van der Waals surface area contributed by atoms with Crippen molar-refractivity contribution in [2.24, 2.45) is 0 Å². The summed E-state index contributed by atoms with van der Waals surface area (Å²) in [5.74, 6) is -0.661. The van der Waals surface area contributed by atoms with E-state index < -0.39 is 84.1 Å². The van der Waals surface area contributed by atoms with Crippen LogP contribution in [0.15, 0.2) is 133 Å². The summed E-state index contributed by atoms with van der Waals surface area (Å²) in [5, 5.41) is 11.4. The van der Waals surface area contributed by atoms with Crippen molar-refractivity contribution in [2.75, 3.05) is 0 Å². The molecule has 0 bridgehead atoms. The number of fused-ring (bicyclic) bond motifs is 1. The topological polar surface area (TPSA) is 50.9 Å². The molecule has 0 amide bonds. The molecule has 0 aliphatic heterocycles. The van der Waals surface area contributed by atoms with Crippen LogP contribution in [0.1, 0.15) is 107 Å². The molecule has 300 valence electrons. The van der Waals surface area contributed by atoms with E-state index in [2.05, 4.69) is 24.9 Å². The second-order valence-electron chi connectivity index (χ2n) is 16.1. The standard InChI is InChI=1S/C54H52N3O.Pt/c1-33(2)40-26-41(34(3)4)28-42(27-40)38-21-22-49(36(6)25-38)57-50-15-12-14-46(52(50)56-53(57)47-13-10-11-16-51(47)58)43-29-44(31-45(30-43)54(7,8)9)48-32-39(23-24-55-48)37-19-17-35(5)18-20-37;/h10-28,30-34,58H,1-9H3;/q-1;/i5D3,6D3,17D,18D,19D,20D,23D,24D,32D,33D;. The smallest absolute Gasteiger partial charge is 0.148 e. The summed E-state index contributed by atoms with van der Waals surface area (Å²) in [6.45, 7) is 8.01. The Kier molecular flexibility index (Phi) is 7.66. The van der Waals surface area contributed by atoms with Crippen molar-refractivity contribution in [3.8, 4) is 67.5 Å². The summed E-state index contributed by atoms with van der Waals surface area (Å²) in [7, 11) is 0. The minimum absolute atomic E-state index is 0. The molecule has 1 N–H and O–H groups in total. The third-order valence-electron chi connectivity index (χ3n) is 10.3. The molecule has 0 radical (unpaired) electrons. The maximum absolute atomic E-state index is 11.4. The molecule has 0 unspecified atom stereocenters. The number of rotatable bonds is 8. The molecule has 2 heterocycles. The van der Waals surface area contributed by atoms with E-state index in [1.54, 1.807) is 59.2 Å². The quantitative estimate of drug-likeness (QED) is 0.154. The van der Waals surface area contributed by atoms with Crippen molar-refractivity contribution in [2.45, 2.75) is 79.4 Å². The Morgan fingerprint density at radius 1 is 0.746 bits per heavy atom. The van der Waals surface area contributed by atoms with Crippen LogP contribution in [0.4, 0.5) is 0 Å². The number of aryl methyl sites for hydroxylation is 1. The zero-order chi connectivity index (χ0) is 52.9. The molecule has 0 saturated heterocycles. The van der Waals surface area contributed by atoms with Crippen molar-refractivity contribution in [1.82, 2.24) is 14.5 Å². The minimum Gasteiger partial charge on any atom is -0.507 e. The maximum atomic E-state index is 11.4. The van der Waals surface area contributed by atoms with Gasteiger partial charge in [0.25, 0.3) is 0 Å². The van der Waals surface area contributed by atoms with Crippen molar-refractivity contribution < 1.29 is 45.4 Å². The second kappa shape index (κ2) is 16.6. The summed E-state index contributed by atoms with van der Waals surface area (Å²) in [6, 6.07) is 25.7. The zero-order valence-corrected chi connectivity index (χ0v) is 36.1. The predicted molar refractivity (Wildman–Crippen MR) is 243 cm³/mol. The molecular formula is C54H52N3OPt-. The number of phenols is 1. The van der Waals surface area contributed by atoms with Gasteiger partial charge in [-0.05, 0) is 106 Å². The summed E-state index contributed by atoms with van der Waals surface area (Å²) in [6.07, 6.45) is -0.638. The molecule has 4 nitrogen and oxygen atoms in total. The van der Waals surface area contributed by atoms with Gasteiger partial charge in [-0.25, -0.2) is 4.98 Å². The first-order valence-corrected chi connectivity index (χ1v) is 19.2. The number of para-hydroxylation sites is 2. The number of hydrogen-bond donors (Lipinski definition) is 1. The third-order valence-corrected chi connectivity index (χ3v) is 10.3. The Labute approximate surface area is 384 Å². The molecule has 8 aromatic rings. The SMILES string of the molecule is [2H]c1nc(-c2[c-]c(-c3cccc4c3nc(-c3ccccc3O)n4-c3ccc(-c4cc(C(C)C)cc(C([2H])(C)C)c4)cc3C([2H])([2H])[2H])cc(C(C)(C)C)c2)c([2H])c(-c2c([2H])c([2H])c(C([2H])([2H])[2H])c([2H])c2[2H])c1[2H].[Pt]. The van der Waals surface area contributed by atoms with Gasteiger partial charge in [0.2, 0.25) is 0 Å². The van der Waals surface area contributed by atoms with Gasteiger partial charge in [-0.2, -0.15) is 0 Å². The second-order valence-corrected chi connectivity index (χ2v) is 16.1. The van der Waals surface area contributed by atoms with Crippen LogP contribution in [-0.2, 0) is 26.5 Å². The van der Waals surface area contributed by atoms with Crippen LogP contribution in [0.3, 0.4) is 0 Å². The molecule has 0 atom stereocenters. The largest absolute Gasteiger partial charge is 0.507 e. The molecule has 5 heteroatoms. The van der Waals surface area contributed by atoms with Gasteiger partial charge in [-0.15, -0.1) is 29.3 Å². The van der Waals surface area contributed by atoms with E-state index in [4.69, 9.17) is 22.8 Å². The molecule has 0 spiro atoms. The average molecular weight is 968 g/mol. The molecule has 0 saturated carbocycles. The van der Waals surface area contributed by atoms with Crippen molar-refractivity contribution in [1.29, 1.82) is 0 Å². The van der Waals surface area contributed by atoms with E-state index >= 15 is 0 Å². The van der Waals surface area contributed by atoms with Gasteiger partial charge in [-0.1, -0.05) is 144 Å². The molecule has 0 aliphatic carbocycles. The fourth-order valence-electron chi connectivity index (χ4n) is 7.04. The number of hydrogen-bond acceptors (Lipinski definition) is 3. The number of aromatic nitrogens is 3. The van der Waals surface area contributed by atoms with Gasteiger partial charge in [0.05, 0.1) is 31.9 Å². The summed E-state index contributed by atoms with van der Waals surface area (Å²) >= 11 is 0. The van der Waals surface area contributed by atoms with E-state index in [1.165, 1.54) is 6.07 Å². The Morgan fingerprint density at radius 2 is 1.49 bits per heavy atom. The van der Waals surface area contributed by atoms with Crippen LogP contribution in [0.5, 0.6) is 5.75 Å². The van der Waals surface area contributed by atoms with Gasteiger partial charge in [-0.3, -0.25) is 9.55 Å². The molecule has 2 aromatic heterocycles. The van der Waals surface area contributed by atoms with E-state index in [9.17, 15) is 6.48 Å². The van der Waals surface area contributed by atoms with E-state index in [0.29, 0.717) is 33.3 Å². The molecule has 59 heavy (non-hydrogen) atoms. The summed E-state index contributed by atoms with van der Waals surface area (Å²) in [5.41, 5.74) is 4.02. The van der Waals surface area contributed by atoms with Gasteiger partial charge in [0, 0.05) is 42.5 Å². The van der Waals surface area contributed by atoms with E-state index in [-0.39, 0.29) is 61.1 Å². The number of nitrogens with zero attached hydrogens (tertiary/aromatic N) is 3. The molecular weight excluding hydrogens is 902 g/mol. The average Bonchev–Trinajstić information content (AvgIpc) is 3.68. The predicted octanol–water partition coefficient (Wildman–Crippen LogP) is 14.4. The first-order valence-electron chi connectivity index (χ1n) is 26.2. The number of phenolic OH excluding ortho intramolecular Hbond substituents is 1. The Bertz CT molecular complexity index is 3460. The normalized spacial score (nSPS) is 15.7.